The molecule has 0 bridgehead atoms. The molecule has 1 heterocycles. The number of phenols is 1. The highest BCUT2D eigenvalue weighted by molar-refractivity contribution is 9.10. The highest BCUT2D eigenvalue weighted by atomic mass is 79.9. The summed E-state index contributed by atoms with van der Waals surface area (Å²) in [5, 5.41) is 15.1. The molecule has 0 atom stereocenters. The Balaban J connectivity index is 2.09. The maximum absolute atomic E-state index is 12.4. The Bertz CT molecular complexity index is 896. The summed E-state index contributed by atoms with van der Waals surface area (Å²) >= 11 is 3.34. The summed E-state index contributed by atoms with van der Waals surface area (Å²) in [5.74, 6) is -0.489. The Morgan fingerprint density at radius 2 is 1.91 bits per heavy atom. The van der Waals surface area contributed by atoms with E-state index in [1.807, 2.05) is 6.07 Å². The number of nitrogens with zero attached hydrogens (tertiary/aromatic N) is 1. The fourth-order valence-electron chi connectivity index (χ4n) is 2.38. The van der Waals surface area contributed by atoms with Crippen LogP contribution in [0.2, 0.25) is 0 Å². The SMILES string of the molecule is NS(=O)(=O)c1ccc(O)c(N2Cc3cc(Br)ccc3C2=O)c1. The summed E-state index contributed by atoms with van der Waals surface area (Å²) in [6.07, 6.45) is 0. The molecule has 2 aromatic rings. The molecule has 0 aliphatic carbocycles. The fourth-order valence-corrected chi connectivity index (χ4v) is 3.32. The lowest BCUT2D eigenvalue weighted by Crippen LogP contribution is -2.23. The van der Waals surface area contributed by atoms with E-state index in [4.69, 9.17) is 5.14 Å². The van der Waals surface area contributed by atoms with Crippen LogP contribution in [-0.2, 0) is 16.6 Å². The molecule has 6 nitrogen and oxygen atoms in total. The van der Waals surface area contributed by atoms with Gasteiger partial charge in [0.05, 0.1) is 17.1 Å². The summed E-state index contributed by atoms with van der Waals surface area (Å²) in [4.78, 5) is 13.6. The van der Waals surface area contributed by atoms with Crippen molar-refractivity contribution in [3.63, 3.8) is 0 Å². The number of nitrogens with two attached hydrogens (primary N) is 1. The monoisotopic (exact) mass is 382 g/mol. The van der Waals surface area contributed by atoms with E-state index in [9.17, 15) is 18.3 Å². The maximum atomic E-state index is 12.4. The summed E-state index contributed by atoms with van der Waals surface area (Å²) < 4.78 is 23.7. The summed E-state index contributed by atoms with van der Waals surface area (Å²) in [7, 11) is -3.92. The topological polar surface area (TPSA) is 101 Å². The molecule has 8 heteroatoms. The first kappa shape index (κ1) is 15.0. The standard InChI is InChI=1S/C14H11BrN2O4S/c15-9-1-3-11-8(5-9)7-17(14(11)19)12-6-10(22(16,20)21)2-4-13(12)18/h1-6,18H,7H2,(H2,16,20,21). The Kier molecular flexibility index (Phi) is 3.47. The molecule has 0 unspecified atom stereocenters. The second kappa shape index (κ2) is 5.08. The molecule has 0 spiro atoms. The van der Waals surface area contributed by atoms with Gasteiger partial charge in [-0.15, -0.1) is 0 Å². The van der Waals surface area contributed by atoms with Crippen LogP contribution < -0.4 is 10.0 Å². The predicted molar refractivity (Wildman–Crippen MR) is 84.1 cm³/mol. The van der Waals surface area contributed by atoms with Crippen molar-refractivity contribution in [3.05, 3.63) is 52.0 Å². The number of benzene rings is 2. The summed E-state index contributed by atoms with van der Waals surface area (Å²) in [6, 6.07) is 8.85. The lowest BCUT2D eigenvalue weighted by molar-refractivity contribution is 0.0996. The van der Waals surface area contributed by atoms with Crippen molar-refractivity contribution >= 4 is 37.5 Å². The molecule has 0 fully saturated rings. The Morgan fingerprint density at radius 3 is 2.59 bits per heavy atom. The van der Waals surface area contributed by atoms with Gasteiger partial charge in [-0.2, -0.15) is 0 Å². The molecule has 0 saturated heterocycles. The molecule has 22 heavy (non-hydrogen) atoms. The number of primary sulfonamides is 1. The van der Waals surface area contributed by atoms with Crippen LogP contribution in [-0.4, -0.2) is 19.4 Å². The van der Waals surface area contributed by atoms with E-state index in [-0.39, 0.29) is 28.8 Å². The molecule has 1 amide bonds. The zero-order valence-electron chi connectivity index (χ0n) is 11.2. The van der Waals surface area contributed by atoms with Crippen molar-refractivity contribution in [1.82, 2.24) is 0 Å². The molecule has 0 saturated carbocycles. The van der Waals surface area contributed by atoms with Crippen molar-refractivity contribution in [2.75, 3.05) is 4.90 Å². The molecule has 114 valence electrons. The van der Waals surface area contributed by atoms with Crippen LogP contribution in [0.4, 0.5) is 5.69 Å². The van der Waals surface area contributed by atoms with Crippen LogP contribution in [0.15, 0.2) is 45.8 Å². The molecule has 3 N–H and O–H groups in total. The van der Waals surface area contributed by atoms with E-state index in [2.05, 4.69) is 15.9 Å². The first-order chi connectivity index (χ1) is 10.3. The molecule has 0 aromatic heterocycles. The smallest absolute Gasteiger partial charge is 0.259 e. The number of rotatable bonds is 2. The first-order valence-corrected chi connectivity index (χ1v) is 8.57. The van der Waals surface area contributed by atoms with Gasteiger partial charge >= 0.3 is 0 Å². The first-order valence-electron chi connectivity index (χ1n) is 6.23. The number of phenolic OH excluding ortho intramolecular Hbond substituents is 1. The number of halogens is 1. The molecule has 0 radical (unpaired) electrons. The summed E-state index contributed by atoms with van der Waals surface area (Å²) in [6.45, 7) is 0.245. The zero-order chi connectivity index (χ0) is 16.1. The number of anilines is 1. The van der Waals surface area contributed by atoms with E-state index in [1.54, 1.807) is 12.1 Å². The molecule has 1 aliphatic heterocycles. The van der Waals surface area contributed by atoms with Gasteiger partial charge in [-0.1, -0.05) is 15.9 Å². The van der Waals surface area contributed by atoms with Gasteiger partial charge < -0.3 is 10.0 Å². The Hall–Kier alpha value is -1.90. The third-order valence-corrected chi connectivity index (χ3v) is 4.84. The number of hydrogen-bond acceptors (Lipinski definition) is 4. The van der Waals surface area contributed by atoms with Gasteiger partial charge in [0.25, 0.3) is 5.91 Å². The minimum Gasteiger partial charge on any atom is -0.506 e. The van der Waals surface area contributed by atoms with Crippen LogP contribution in [0.25, 0.3) is 0 Å². The third-order valence-electron chi connectivity index (χ3n) is 3.44. The van der Waals surface area contributed by atoms with Crippen molar-refractivity contribution in [1.29, 1.82) is 0 Å². The van der Waals surface area contributed by atoms with Gasteiger partial charge in [0, 0.05) is 10.0 Å². The number of carbonyl (C=O) groups excluding carboxylic acids is 1. The quantitative estimate of drug-likeness (QED) is 0.828. The Labute approximate surface area is 135 Å². The predicted octanol–water partition coefficient (Wildman–Crippen LogP) is 1.96. The number of aromatic hydroxyl groups is 1. The summed E-state index contributed by atoms with van der Waals surface area (Å²) in [5.41, 5.74) is 1.42. The van der Waals surface area contributed by atoms with Crippen molar-refractivity contribution in [3.8, 4) is 5.75 Å². The van der Waals surface area contributed by atoms with Gasteiger partial charge in [-0.3, -0.25) is 4.79 Å². The van der Waals surface area contributed by atoms with E-state index >= 15 is 0 Å². The van der Waals surface area contributed by atoms with Crippen LogP contribution >= 0.6 is 15.9 Å². The number of sulfonamides is 1. The van der Waals surface area contributed by atoms with E-state index in [1.165, 1.54) is 23.1 Å². The number of amides is 1. The van der Waals surface area contributed by atoms with E-state index < -0.39 is 10.0 Å². The second-order valence-corrected chi connectivity index (χ2v) is 7.37. The number of fused-ring (bicyclic) bond motifs is 1. The highest BCUT2D eigenvalue weighted by Crippen LogP contribution is 2.36. The van der Waals surface area contributed by atoms with Gasteiger partial charge in [0.1, 0.15) is 5.75 Å². The zero-order valence-corrected chi connectivity index (χ0v) is 13.6. The number of carbonyl (C=O) groups is 1. The van der Waals surface area contributed by atoms with Gasteiger partial charge in [-0.25, -0.2) is 13.6 Å². The van der Waals surface area contributed by atoms with Crippen molar-refractivity contribution in [2.24, 2.45) is 5.14 Å². The normalized spacial score (nSPS) is 14.3. The minimum absolute atomic E-state index is 0.115. The molecular formula is C14H11BrN2O4S. The van der Waals surface area contributed by atoms with Gasteiger partial charge in [0.15, 0.2) is 0 Å². The van der Waals surface area contributed by atoms with Gasteiger partial charge in [-0.05, 0) is 42.0 Å². The molecular weight excluding hydrogens is 372 g/mol. The van der Waals surface area contributed by atoms with E-state index in [0.29, 0.717) is 5.56 Å². The highest BCUT2D eigenvalue weighted by Gasteiger charge is 2.30. The lowest BCUT2D eigenvalue weighted by atomic mass is 10.1. The largest absolute Gasteiger partial charge is 0.506 e. The van der Waals surface area contributed by atoms with Crippen LogP contribution in [0.5, 0.6) is 5.75 Å². The maximum Gasteiger partial charge on any atom is 0.259 e. The van der Waals surface area contributed by atoms with Crippen molar-refractivity contribution in [2.45, 2.75) is 11.4 Å². The number of hydrogen-bond donors (Lipinski definition) is 2. The lowest BCUT2D eigenvalue weighted by Gasteiger charge is -2.17. The molecule has 2 aromatic carbocycles. The third kappa shape index (κ3) is 2.49. The van der Waals surface area contributed by atoms with Crippen molar-refractivity contribution < 1.29 is 18.3 Å². The fraction of sp³-hybridized carbons (Fsp3) is 0.0714. The van der Waals surface area contributed by atoms with Crippen LogP contribution in [0.3, 0.4) is 0 Å². The van der Waals surface area contributed by atoms with Crippen LogP contribution in [0.1, 0.15) is 15.9 Å². The average molecular weight is 383 g/mol. The average Bonchev–Trinajstić information content (AvgIpc) is 2.74. The minimum atomic E-state index is -3.92. The Morgan fingerprint density at radius 1 is 1.18 bits per heavy atom. The van der Waals surface area contributed by atoms with Crippen LogP contribution in [0, 0.1) is 0 Å². The second-order valence-electron chi connectivity index (χ2n) is 4.89. The van der Waals surface area contributed by atoms with Gasteiger partial charge in [0.2, 0.25) is 10.0 Å². The molecule has 3 rings (SSSR count). The van der Waals surface area contributed by atoms with E-state index in [0.717, 1.165) is 10.0 Å². The molecule has 1 aliphatic rings.